The molecule has 88 valence electrons. The van der Waals surface area contributed by atoms with E-state index in [9.17, 15) is 4.79 Å². The Morgan fingerprint density at radius 1 is 1.53 bits per heavy atom. The Balaban J connectivity index is 1.83. The molecule has 1 aromatic heterocycles. The van der Waals surface area contributed by atoms with Gasteiger partial charge in [-0.2, -0.15) is 0 Å². The highest BCUT2D eigenvalue weighted by Gasteiger charge is 2.25. The van der Waals surface area contributed by atoms with E-state index >= 15 is 0 Å². The van der Waals surface area contributed by atoms with Crippen LogP contribution in [0.15, 0.2) is 24.5 Å². The number of amides is 1. The summed E-state index contributed by atoms with van der Waals surface area (Å²) in [6.45, 7) is 0.875. The zero-order chi connectivity index (χ0) is 11.8. The number of hydrogen-bond donors (Lipinski definition) is 1. The molecule has 0 radical (unpaired) electrons. The maximum atomic E-state index is 12.2. The first kappa shape index (κ1) is 10.3. The van der Waals surface area contributed by atoms with Crippen LogP contribution in [0.2, 0.25) is 0 Å². The number of hydrogen-bond acceptors (Lipinski definition) is 2. The van der Waals surface area contributed by atoms with Crippen LogP contribution < -0.4 is 0 Å². The predicted molar refractivity (Wildman–Crippen MR) is 65.8 cm³/mol. The maximum Gasteiger partial charge on any atom is 0.253 e. The molecule has 0 bridgehead atoms. The zero-order valence-electron chi connectivity index (χ0n) is 9.81. The third-order valence-electron chi connectivity index (χ3n) is 3.24. The molecule has 0 unspecified atom stereocenters. The number of benzene rings is 1. The van der Waals surface area contributed by atoms with Crippen molar-refractivity contribution in [2.45, 2.75) is 12.8 Å². The molecule has 3 rings (SSSR count). The highest BCUT2D eigenvalue weighted by Crippen LogP contribution is 2.29. The normalized spacial score (nSPS) is 15.1. The van der Waals surface area contributed by atoms with Gasteiger partial charge in [-0.25, -0.2) is 4.98 Å². The quantitative estimate of drug-likeness (QED) is 0.875. The van der Waals surface area contributed by atoms with Gasteiger partial charge in [-0.05, 0) is 37.0 Å². The number of H-pyrrole nitrogens is 1. The van der Waals surface area contributed by atoms with Crippen LogP contribution in [0, 0.1) is 5.92 Å². The number of nitrogens with zero attached hydrogens (tertiary/aromatic N) is 2. The van der Waals surface area contributed by atoms with Gasteiger partial charge in [0.25, 0.3) is 5.91 Å². The van der Waals surface area contributed by atoms with Crippen molar-refractivity contribution in [3.05, 3.63) is 30.1 Å². The molecule has 1 aromatic carbocycles. The highest BCUT2D eigenvalue weighted by molar-refractivity contribution is 5.97. The lowest BCUT2D eigenvalue weighted by molar-refractivity contribution is 0.0789. The standard InChI is InChI=1S/C13H15N3O/c1-16(7-9-2-3-9)13(17)10-4-5-11-12(6-10)15-8-14-11/h4-6,8-9H,2-3,7H2,1H3,(H,14,15). The fourth-order valence-corrected chi connectivity index (χ4v) is 2.06. The summed E-state index contributed by atoms with van der Waals surface area (Å²) in [5.41, 5.74) is 2.53. The van der Waals surface area contributed by atoms with Crippen molar-refractivity contribution >= 4 is 16.9 Å². The Labute approximate surface area is 99.6 Å². The molecule has 1 N–H and O–H groups in total. The molecule has 0 atom stereocenters. The van der Waals surface area contributed by atoms with Crippen molar-refractivity contribution in [2.75, 3.05) is 13.6 Å². The summed E-state index contributed by atoms with van der Waals surface area (Å²) >= 11 is 0. The molecule has 1 aliphatic carbocycles. The maximum absolute atomic E-state index is 12.2. The fourth-order valence-electron chi connectivity index (χ4n) is 2.06. The van der Waals surface area contributed by atoms with E-state index in [0.717, 1.165) is 29.1 Å². The number of fused-ring (bicyclic) bond motifs is 1. The van der Waals surface area contributed by atoms with E-state index in [-0.39, 0.29) is 5.91 Å². The summed E-state index contributed by atoms with van der Waals surface area (Å²) in [7, 11) is 1.87. The van der Waals surface area contributed by atoms with E-state index in [2.05, 4.69) is 9.97 Å². The fraction of sp³-hybridized carbons (Fsp3) is 0.385. The lowest BCUT2D eigenvalue weighted by atomic mass is 10.1. The van der Waals surface area contributed by atoms with Crippen LogP contribution in [0.25, 0.3) is 11.0 Å². The topological polar surface area (TPSA) is 49.0 Å². The second-order valence-electron chi connectivity index (χ2n) is 4.76. The van der Waals surface area contributed by atoms with E-state index in [0.29, 0.717) is 0 Å². The molecule has 1 amide bonds. The average Bonchev–Trinajstić information content (AvgIpc) is 3.02. The van der Waals surface area contributed by atoms with Gasteiger partial charge in [0.1, 0.15) is 0 Å². The molecule has 0 spiro atoms. The Morgan fingerprint density at radius 3 is 3.12 bits per heavy atom. The molecular formula is C13H15N3O. The van der Waals surface area contributed by atoms with E-state index in [1.54, 1.807) is 6.33 Å². The molecule has 0 saturated heterocycles. The third-order valence-corrected chi connectivity index (χ3v) is 3.24. The Morgan fingerprint density at radius 2 is 2.35 bits per heavy atom. The zero-order valence-corrected chi connectivity index (χ0v) is 9.81. The van der Waals surface area contributed by atoms with Gasteiger partial charge in [-0.15, -0.1) is 0 Å². The summed E-state index contributed by atoms with van der Waals surface area (Å²) in [4.78, 5) is 21.1. The molecule has 1 aliphatic rings. The minimum absolute atomic E-state index is 0.0911. The van der Waals surface area contributed by atoms with Crippen LogP contribution in [-0.2, 0) is 0 Å². The van der Waals surface area contributed by atoms with Gasteiger partial charge in [0.2, 0.25) is 0 Å². The number of rotatable bonds is 3. The van der Waals surface area contributed by atoms with Crippen LogP contribution in [0.4, 0.5) is 0 Å². The van der Waals surface area contributed by atoms with Gasteiger partial charge in [0.15, 0.2) is 0 Å². The first-order valence-corrected chi connectivity index (χ1v) is 5.92. The van der Waals surface area contributed by atoms with Crippen LogP contribution >= 0.6 is 0 Å². The summed E-state index contributed by atoms with van der Waals surface area (Å²) in [5, 5.41) is 0. The predicted octanol–water partition coefficient (Wildman–Crippen LogP) is 2.04. The molecule has 4 nitrogen and oxygen atoms in total. The van der Waals surface area contributed by atoms with E-state index in [1.807, 2.05) is 30.1 Å². The van der Waals surface area contributed by atoms with Gasteiger partial charge < -0.3 is 9.88 Å². The number of carbonyl (C=O) groups is 1. The van der Waals surface area contributed by atoms with Crippen LogP contribution in [0.5, 0.6) is 0 Å². The lowest BCUT2D eigenvalue weighted by Crippen LogP contribution is -2.28. The van der Waals surface area contributed by atoms with Gasteiger partial charge in [0.05, 0.1) is 17.4 Å². The minimum Gasteiger partial charge on any atom is -0.345 e. The molecule has 2 aromatic rings. The molecule has 0 aliphatic heterocycles. The molecule has 1 saturated carbocycles. The second kappa shape index (κ2) is 3.87. The Hall–Kier alpha value is -1.84. The summed E-state index contributed by atoms with van der Waals surface area (Å²) in [6.07, 6.45) is 4.17. The largest absolute Gasteiger partial charge is 0.345 e. The second-order valence-corrected chi connectivity index (χ2v) is 4.76. The van der Waals surface area contributed by atoms with Crippen LogP contribution in [0.3, 0.4) is 0 Å². The van der Waals surface area contributed by atoms with Gasteiger partial charge in [-0.3, -0.25) is 4.79 Å². The minimum atomic E-state index is 0.0911. The number of aromatic nitrogens is 2. The molecule has 1 fully saturated rings. The van der Waals surface area contributed by atoms with Crippen molar-refractivity contribution < 1.29 is 4.79 Å². The van der Waals surface area contributed by atoms with Crippen LogP contribution in [-0.4, -0.2) is 34.4 Å². The van der Waals surface area contributed by atoms with Gasteiger partial charge in [-0.1, -0.05) is 0 Å². The SMILES string of the molecule is CN(CC1CC1)C(=O)c1ccc2nc[nH]c2c1. The number of imidazole rings is 1. The Bertz CT molecular complexity index is 557. The molecule has 17 heavy (non-hydrogen) atoms. The monoisotopic (exact) mass is 229 g/mol. The molecule has 4 heteroatoms. The molecular weight excluding hydrogens is 214 g/mol. The summed E-state index contributed by atoms with van der Waals surface area (Å²) in [6, 6.07) is 5.59. The van der Waals surface area contributed by atoms with E-state index < -0.39 is 0 Å². The van der Waals surface area contributed by atoms with Crippen molar-refractivity contribution in [3.63, 3.8) is 0 Å². The summed E-state index contributed by atoms with van der Waals surface area (Å²) < 4.78 is 0. The van der Waals surface area contributed by atoms with E-state index in [4.69, 9.17) is 0 Å². The smallest absolute Gasteiger partial charge is 0.253 e. The van der Waals surface area contributed by atoms with Gasteiger partial charge >= 0.3 is 0 Å². The Kier molecular flexibility index (Phi) is 2.35. The van der Waals surface area contributed by atoms with Crippen molar-refractivity contribution in [2.24, 2.45) is 5.92 Å². The van der Waals surface area contributed by atoms with E-state index in [1.165, 1.54) is 12.8 Å². The van der Waals surface area contributed by atoms with Gasteiger partial charge in [0, 0.05) is 19.2 Å². The third kappa shape index (κ3) is 2.02. The average molecular weight is 229 g/mol. The number of carbonyl (C=O) groups excluding carboxylic acids is 1. The summed E-state index contributed by atoms with van der Waals surface area (Å²) in [5.74, 6) is 0.813. The lowest BCUT2D eigenvalue weighted by Gasteiger charge is -2.16. The number of nitrogens with one attached hydrogen (secondary N) is 1. The van der Waals surface area contributed by atoms with Crippen LogP contribution in [0.1, 0.15) is 23.2 Å². The molecule has 1 heterocycles. The van der Waals surface area contributed by atoms with Crippen molar-refractivity contribution in [1.29, 1.82) is 0 Å². The first-order valence-electron chi connectivity index (χ1n) is 5.92. The highest BCUT2D eigenvalue weighted by atomic mass is 16.2. The number of aromatic amines is 1. The van der Waals surface area contributed by atoms with Crippen molar-refractivity contribution in [1.82, 2.24) is 14.9 Å². The van der Waals surface area contributed by atoms with Crippen molar-refractivity contribution in [3.8, 4) is 0 Å². The first-order chi connectivity index (χ1) is 8.24.